The van der Waals surface area contributed by atoms with Crippen LogP contribution in [0, 0.1) is 15.5 Å². The van der Waals surface area contributed by atoms with Crippen LogP contribution in [0.15, 0.2) is 71.0 Å². The maximum atomic E-state index is 14.4. The number of carbonyl (C=O) groups excluding carboxylic acids is 1. The van der Waals surface area contributed by atoms with E-state index in [4.69, 9.17) is 10.5 Å². The Morgan fingerprint density at radius 2 is 1.75 bits per heavy atom. The SMILES string of the molecule is C=C(C)c1ccccc1[C@@H]1CCCN1C1CC2(CCN(c3ccc(C(N)=O)c(S(=O)(=O)c4cc5c(c([N+](=O)[O-])c4)N[C@@H](CN4CCN(C)CC4)CO5)c3)CC2)C1. The highest BCUT2D eigenvalue weighted by molar-refractivity contribution is 7.91. The second-order valence-corrected chi connectivity index (χ2v) is 18.6. The van der Waals surface area contributed by atoms with Crippen molar-refractivity contribution in [1.82, 2.24) is 14.7 Å². The first kappa shape index (κ1) is 38.4. The Labute approximate surface area is 329 Å². The number of amides is 1. The molecule has 4 fully saturated rings. The molecule has 3 saturated heterocycles. The van der Waals surface area contributed by atoms with Gasteiger partial charge < -0.3 is 25.6 Å². The molecule has 4 heterocycles. The lowest BCUT2D eigenvalue weighted by atomic mass is 9.59. The van der Waals surface area contributed by atoms with Gasteiger partial charge in [-0.05, 0) is 93.8 Å². The summed E-state index contributed by atoms with van der Waals surface area (Å²) in [5.41, 5.74) is 9.99. The van der Waals surface area contributed by atoms with Crippen LogP contribution in [0.5, 0.6) is 5.75 Å². The molecule has 298 valence electrons. The molecule has 0 aromatic heterocycles. The Bertz CT molecular complexity index is 2140. The molecule has 56 heavy (non-hydrogen) atoms. The molecular weight excluding hydrogens is 731 g/mol. The first-order valence-corrected chi connectivity index (χ1v) is 21.4. The van der Waals surface area contributed by atoms with Crippen molar-refractivity contribution in [1.29, 1.82) is 0 Å². The number of nitrogens with zero attached hydrogens (tertiary/aromatic N) is 5. The molecule has 13 nitrogen and oxygen atoms in total. The summed E-state index contributed by atoms with van der Waals surface area (Å²) in [5.74, 6) is -0.805. The third kappa shape index (κ3) is 7.28. The predicted molar refractivity (Wildman–Crippen MR) is 217 cm³/mol. The zero-order chi connectivity index (χ0) is 39.4. The average molecular weight is 784 g/mol. The summed E-state index contributed by atoms with van der Waals surface area (Å²) in [7, 11) is -2.36. The fraction of sp³-hybridized carbons (Fsp3) is 0.500. The molecular formula is C42H53N7O6S. The largest absolute Gasteiger partial charge is 0.489 e. The maximum absolute atomic E-state index is 14.4. The Morgan fingerprint density at radius 1 is 1.02 bits per heavy atom. The topological polar surface area (TPSA) is 155 Å². The number of likely N-dealkylation sites (tertiary alicyclic amines) is 1. The number of nitro benzene ring substituents is 1. The molecule has 3 aromatic carbocycles. The molecule has 5 aliphatic rings. The minimum atomic E-state index is -4.44. The fourth-order valence-corrected chi connectivity index (χ4v) is 11.3. The van der Waals surface area contributed by atoms with Gasteiger partial charge in [0.2, 0.25) is 15.7 Å². The Morgan fingerprint density at radius 3 is 2.45 bits per heavy atom. The number of hydrogen-bond donors (Lipinski definition) is 2. The highest BCUT2D eigenvalue weighted by Gasteiger charge is 2.50. The number of benzene rings is 3. The highest BCUT2D eigenvalue weighted by Crippen LogP contribution is 2.54. The number of primary amides is 1. The van der Waals surface area contributed by atoms with Gasteiger partial charge in [0.1, 0.15) is 6.61 Å². The quantitative estimate of drug-likeness (QED) is 0.196. The number of nitrogens with one attached hydrogen (secondary N) is 1. The molecule has 3 aromatic rings. The van der Waals surface area contributed by atoms with Crippen molar-refractivity contribution in [2.24, 2.45) is 11.1 Å². The van der Waals surface area contributed by atoms with Gasteiger partial charge in [0, 0.05) is 75.7 Å². The normalized spacial score (nSPS) is 23.2. The van der Waals surface area contributed by atoms with Crippen molar-refractivity contribution in [3.8, 4) is 5.75 Å². The Balaban J connectivity index is 0.975. The molecule has 2 atom stereocenters. The minimum absolute atomic E-state index is 0.0876. The third-order valence-corrected chi connectivity index (χ3v) is 14.8. The number of fused-ring (bicyclic) bond motifs is 1. The van der Waals surface area contributed by atoms with Crippen molar-refractivity contribution in [3.05, 3.63) is 88.0 Å². The van der Waals surface area contributed by atoms with Gasteiger partial charge in [0.25, 0.3) is 5.69 Å². The van der Waals surface area contributed by atoms with E-state index < -0.39 is 26.4 Å². The van der Waals surface area contributed by atoms with Crippen LogP contribution in [0.3, 0.4) is 0 Å². The lowest BCUT2D eigenvalue weighted by molar-refractivity contribution is -0.384. The number of piperazine rings is 1. The summed E-state index contributed by atoms with van der Waals surface area (Å²) in [6, 6.07) is 16.5. The zero-order valence-electron chi connectivity index (χ0n) is 32.4. The first-order valence-electron chi connectivity index (χ1n) is 19.9. The van der Waals surface area contributed by atoms with Crippen LogP contribution in [-0.4, -0.2) is 112 Å². The first-order chi connectivity index (χ1) is 26.8. The van der Waals surface area contributed by atoms with E-state index in [0.717, 1.165) is 89.6 Å². The van der Waals surface area contributed by atoms with Crippen molar-refractivity contribution >= 4 is 38.4 Å². The van der Waals surface area contributed by atoms with Gasteiger partial charge in [-0.15, -0.1) is 0 Å². The summed E-state index contributed by atoms with van der Waals surface area (Å²) in [6.07, 6.45) is 6.63. The molecule has 1 aliphatic carbocycles. The molecule has 14 heteroatoms. The average Bonchev–Trinajstić information content (AvgIpc) is 3.66. The second kappa shape index (κ2) is 15.1. The van der Waals surface area contributed by atoms with Crippen LogP contribution < -0.4 is 20.7 Å². The van der Waals surface area contributed by atoms with Crippen LogP contribution >= 0.6 is 0 Å². The number of ether oxygens (including phenoxy) is 1. The molecule has 0 unspecified atom stereocenters. The molecule has 1 spiro atoms. The number of piperidine rings is 1. The number of rotatable bonds is 10. The van der Waals surface area contributed by atoms with Crippen LogP contribution in [0.4, 0.5) is 17.1 Å². The summed E-state index contributed by atoms with van der Waals surface area (Å²) < 4.78 is 34.7. The monoisotopic (exact) mass is 783 g/mol. The predicted octanol–water partition coefficient (Wildman–Crippen LogP) is 5.57. The van der Waals surface area contributed by atoms with Gasteiger partial charge in [0.15, 0.2) is 11.4 Å². The number of carbonyl (C=O) groups is 1. The second-order valence-electron chi connectivity index (χ2n) is 16.7. The minimum Gasteiger partial charge on any atom is -0.489 e. The van der Waals surface area contributed by atoms with E-state index >= 15 is 0 Å². The fourth-order valence-electron chi connectivity index (χ4n) is 9.83. The third-order valence-electron chi connectivity index (χ3n) is 13.0. The molecule has 3 N–H and O–H groups in total. The van der Waals surface area contributed by atoms with Gasteiger partial charge in [-0.2, -0.15) is 0 Å². The van der Waals surface area contributed by atoms with E-state index in [1.165, 1.54) is 35.7 Å². The standard InChI is InChI=1S/C42H53N7O6S/c1-28(2)33-7-4-5-8-34(33)36-9-6-14-48(36)31-24-42(25-31)12-15-47(16-13-42)30-10-11-35(41(43)50)39(21-30)56(53,54)32-22-37(49(51)52)40-38(23-32)55-27-29(44-40)26-46-19-17-45(3)18-20-46/h4-5,7-8,10-11,21-23,29,31,36,44H,1,6,9,12-20,24-27H2,2-3H3,(H2,43,50)/t29-,36-/m0/s1. The van der Waals surface area contributed by atoms with Crippen molar-refractivity contribution < 1.29 is 22.9 Å². The van der Waals surface area contributed by atoms with Gasteiger partial charge in [0.05, 0.1) is 26.3 Å². The molecule has 4 aliphatic heterocycles. The molecule has 8 rings (SSSR count). The maximum Gasteiger partial charge on any atom is 0.297 e. The van der Waals surface area contributed by atoms with Crippen molar-refractivity contribution in [3.63, 3.8) is 0 Å². The van der Waals surface area contributed by atoms with Crippen LogP contribution in [0.1, 0.15) is 73.0 Å². The Hall–Kier alpha value is -4.50. The lowest BCUT2D eigenvalue weighted by Gasteiger charge is -2.56. The number of hydrogen-bond acceptors (Lipinski definition) is 11. The van der Waals surface area contributed by atoms with Crippen LogP contribution in [0.2, 0.25) is 0 Å². The van der Waals surface area contributed by atoms with E-state index in [0.29, 0.717) is 24.3 Å². The lowest BCUT2D eigenvalue weighted by Crippen LogP contribution is -2.54. The molecule has 1 amide bonds. The van der Waals surface area contributed by atoms with Crippen LogP contribution in [-0.2, 0) is 9.84 Å². The van der Waals surface area contributed by atoms with E-state index in [-0.39, 0.29) is 44.9 Å². The van der Waals surface area contributed by atoms with Gasteiger partial charge >= 0.3 is 0 Å². The number of likely N-dealkylation sites (N-methyl/N-ethyl adjacent to an activating group) is 1. The van der Waals surface area contributed by atoms with E-state index in [9.17, 15) is 23.3 Å². The van der Waals surface area contributed by atoms with Crippen molar-refractivity contribution in [2.75, 3.05) is 76.2 Å². The molecule has 0 radical (unpaired) electrons. The zero-order valence-corrected chi connectivity index (χ0v) is 33.2. The van der Waals surface area contributed by atoms with E-state index in [1.54, 1.807) is 6.07 Å². The number of nitro groups is 1. The Kier molecular flexibility index (Phi) is 10.4. The number of sulfone groups is 1. The number of anilines is 2. The number of nitrogens with two attached hydrogens (primary N) is 1. The van der Waals surface area contributed by atoms with Gasteiger partial charge in [-0.1, -0.05) is 36.4 Å². The summed E-state index contributed by atoms with van der Waals surface area (Å²) >= 11 is 0. The van der Waals surface area contributed by atoms with E-state index in [1.807, 2.05) is 0 Å². The summed E-state index contributed by atoms with van der Waals surface area (Å²) in [5, 5.41) is 15.6. The number of allylic oxidation sites excluding steroid dienone is 1. The molecule has 1 saturated carbocycles. The summed E-state index contributed by atoms with van der Waals surface area (Å²) in [4.78, 5) is 33.2. The van der Waals surface area contributed by atoms with Crippen molar-refractivity contribution in [2.45, 2.75) is 73.4 Å². The van der Waals surface area contributed by atoms with Gasteiger partial charge in [-0.3, -0.25) is 24.7 Å². The van der Waals surface area contributed by atoms with E-state index in [2.05, 4.69) is 69.7 Å². The van der Waals surface area contributed by atoms with Crippen LogP contribution in [0.25, 0.3) is 5.57 Å². The highest BCUT2D eigenvalue weighted by atomic mass is 32.2. The summed E-state index contributed by atoms with van der Waals surface area (Å²) in [6.45, 7) is 13.4. The molecule has 0 bridgehead atoms. The smallest absolute Gasteiger partial charge is 0.297 e. The van der Waals surface area contributed by atoms with Gasteiger partial charge in [-0.25, -0.2) is 8.42 Å².